The fourth-order valence-corrected chi connectivity index (χ4v) is 5.00. The van der Waals surface area contributed by atoms with Gasteiger partial charge < -0.3 is 29.6 Å². The first-order valence-corrected chi connectivity index (χ1v) is 13.6. The Balaban J connectivity index is 1.35. The number of carbonyl (C=O) groups is 2. The van der Waals surface area contributed by atoms with Gasteiger partial charge in [-0.25, -0.2) is 4.79 Å². The molecule has 0 bridgehead atoms. The molecular weight excluding hydrogens is 504 g/mol. The molecule has 0 atom stereocenters. The molecule has 0 spiro atoms. The number of aromatic nitrogens is 1. The van der Waals surface area contributed by atoms with E-state index in [-0.39, 0.29) is 24.5 Å². The second-order valence-corrected chi connectivity index (χ2v) is 10.3. The zero-order valence-corrected chi connectivity index (χ0v) is 23.3. The van der Waals surface area contributed by atoms with E-state index in [1.165, 1.54) is 0 Å². The van der Waals surface area contributed by atoms with Crippen molar-refractivity contribution in [3.8, 4) is 11.5 Å². The Hall–Kier alpha value is -4.46. The van der Waals surface area contributed by atoms with Crippen LogP contribution in [0.3, 0.4) is 0 Å². The van der Waals surface area contributed by atoms with Crippen LogP contribution in [0.25, 0.3) is 10.9 Å². The molecule has 208 valence electrons. The summed E-state index contributed by atoms with van der Waals surface area (Å²) < 4.78 is 10.9. The van der Waals surface area contributed by atoms with Gasteiger partial charge in [0.1, 0.15) is 6.54 Å². The Bertz CT molecular complexity index is 1490. The minimum Gasteiger partial charge on any atom is -0.493 e. The van der Waals surface area contributed by atoms with Crippen LogP contribution in [0.5, 0.6) is 11.5 Å². The third-order valence-corrected chi connectivity index (χ3v) is 7.32. The van der Waals surface area contributed by atoms with Crippen LogP contribution < -0.4 is 14.8 Å². The maximum Gasteiger partial charge on any atom is 0.322 e. The van der Waals surface area contributed by atoms with Crippen LogP contribution in [0.4, 0.5) is 10.5 Å². The minimum atomic E-state index is -0.246. The topological polar surface area (TPSA) is 86.9 Å². The van der Waals surface area contributed by atoms with Crippen molar-refractivity contribution in [2.75, 3.05) is 32.6 Å². The predicted octanol–water partition coefficient (Wildman–Crippen LogP) is 5.76. The number of hydrogen-bond donors (Lipinski definition) is 2. The number of fused-ring (bicyclic) bond motifs is 1. The Morgan fingerprint density at radius 2 is 1.77 bits per heavy atom. The number of para-hydroxylation sites is 1. The SMILES string of the molecule is COc1ccc(CN(CCc2c[nH]c3ccccc23)C(=O)CN(C(=O)Nc2cccc(C)c2)C2CC2)cc1OC. The van der Waals surface area contributed by atoms with Crippen molar-refractivity contribution in [3.05, 3.63) is 89.6 Å². The van der Waals surface area contributed by atoms with E-state index in [4.69, 9.17) is 9.47 Å². The van der Waals surface area contributed by atoms with Crippen LogP contribution in [0.15, 0.2) is 72.9 Å². The van der Waals surface area contributed by atoms with Gasteiger partial charge in [-0.1, -0.05) is 36.4 Å². The molecule has 1 fully saturated rings. The van der Waals surface area contributed by atoms with Crippen LogP contribution in [0.2, 0.25) is 0 Å². The van der Waals surface area contributed by atoms with Crippen molar-refractivity contribution < 1.29 is 19.1 Å². The van der Waals surface area contributed by atoms with Gasteiger partial charge in [0.2, 0.25) is 5.91 Å². The summed E-state index contributed by atoms with van der Waals surface area (Å²) in [6.07, 6.45) is 4.50. The van der Waals surface area contributed by atoms with Crippen molar-refractivity contribution in [3.63, 3.8) is 0 Å². The first kappa shape index (κ1) is 27.1. The quantitative estimate of drug-likeness (QED) is 0.253. The number of methoxy groups -OCH3 is 2. The molecule has 1 aliphatic rings. The Labute approximate surface area is 234 Å². The van der Waals surface area contributed by atoms with Gasteiger partial charge in [-0.05, 0) is 73.2 Å². The van der Waals surface area contributed by atoms with Crippen LogP contribution in [0, 0.1) is 6.92 Å². The monoisotopic (exact) mass is 540 g/mol. The number of rotatable bonds is 11. The molecular formula is C32H36N4O4. The van der Waals surface area contributed by atoms with Crippen LogP contribution in [0.1, 0.15) is 29.5 Å². The van der Waals surface area contributed by atoms with Gasteiger partial charge in [-0.3, -0.25) is 4.79 Å². The number of aromatic amines is 1. The molecule has 1 saturated carbocycles. The molecule has 1 aliphatic carbocycles. The lowest BCUT2D eigenvalue weighted by molar-refractivity contribution is -0.132. The standard InChI is InChI=1S/C32H36N4O4/c1-22-7-6-8-25(17-22)34-32(38)36(26-12-13-26)21-31(37)35(20-23-11-14-29(39-2)30(18-23)40-3)16-15-24-19-33-28-10-5-4-9-27(24)28/h4-11,14,17-19,26,33H,12-13,15-16,20-21H2,1-3H3,(H,34,38). The van der Waals surface area contributed by atoms with Crippen molar-refractivity contribution >= 4 is 28.5 Å². The lowest BCUT2D eigenvalue weighted by Gasteiger charge is -2.28. The number of carbonyl (C=O) groups excluding carboxylic acids is 2. The van der Waals surface area contributed by atoms with Crippen LogP contribution in [-0.4, -0.2) is 60.1 Å². The molecule has 0 saturated heterocycles. The average molecular weight is 541 g/mol. The van der Waals surface area contributed by atoms with E-state index in [1.807, 2.05) is 78.7 Å². The number of urea groups is 1. The number of anilines is 1. The molecule has 3 amide bonds. The summed E-state index contributed by atoms with van der Waals surface area (Å²) in [5.74, 6) is 1.15. The number of H-pyrrole nitrogens is 1. The molecule has 0 unspecified atom stereocenters. The molecule has 5 rings (SSSR count). The van der Waals surface area contributed by atoms with E-state index in [2.05, 4.69) is 16.4 Å². The summed E-state index contributed by atoms with van der Waals surface area (Å²) in [4.78, 5) is 34.0. The highest BCUT2D eigenvalue weighted by Crippen LogP contribution is 2.30. The molecule has 8 heteroatoms. The number of amides is 3. The Kier molecular flexibility index (Phi) is 8.24. The number of nitrogens with zero attached hydrogens (tertiary/aromatic N) is 2. The molecule has 1 aromatic heterocycles. The normalized spacial score (nSPS) is 12.7. The fraction of sp³-hybridized carbons (Fsp3) is 0.312. The number of benzene rings is 3. The highest BCUT2D eigenvalue weighted by Gasteiger charge is 2.35. The van der Waals surface area contributed by atoms with E-state index >= 15 is 0 Å². The van der Waals surface area contributed by atoms with Crippen molar-refractivity contribution in [2.24, 2.45) is 0 Å². The van der Waals surface area contributed by atoms with Crippen LogP contribution in [-0.2, 0) is 17.8 Å². The van der Waals surface area contributed by atoms with Gasteiger partial charge in [0.25, 0.3) is 0 Å². The molecule has 0 aliphatic heterocycles. The number of hydrogen-bond acceptors (Lipinski definition) is 4. The first-order valence-electron chi connectivity index (χ1n) is 13.6. The van der Waals surface area contributed by atoms with Crippen LogP contribution >= 0.6 is 0 Å². The summed E-state index contributed by atoms with van der Waals surface area (Å²) in [5, 5.41) is 4.13. The molecule has 40 heavy (non-hydrogen) atoms. The van der Waals surface area contributed by atoms with Gasteiger partial charge in [-0.2, -0.15) is 0 Å². The highest BCUT2D eigenvalue weighted by atomic mass is 16.5. The summed E-state index contributed by atoms with van der Waals surface area (Å²) in [6, 6.07) is 21.4. The van der Waals surface area contributed by atoms with Gasteiger partial charge in [0.15, 0.2) is 11.5 Å². The summed E-state index contributed by atoms with van der Waals surface area (Å²) in [6.45, 7) is 2.90. The zero-order chi connectivity index (χ0) is 28.1. The molecule has 8 nitrogen and oxygen atoms in total. The summed E-state index contributed by atoms with van der Waals surface area (Å²) >= 11 is 0. The van der Waals surface area contributed by atoms with Crippen molar-refractivity contribution in [1.82, 2.24) is 14.8 Å². The van der Waals surface area contributed by atoms with Gasteiger partial charge in [-0.15, -0.1) is 0 Å². The maximum atomic E-state index is 13.8. The number of aryl methyl sites for hydroxylation is 1. The highest BCUT2D eigenvalue weighted by molar-refractivity contribution is 5.93. The zero-order valence-electron chi connectivity index (χ0n) is 23.3. The maximum absolute atomic E-state index is 13.8. The summed E-state index contributed by atoms with van der Waals surface area (Å²) in [7, 11) is 3.20. The van der Waals surface area contributed by atoms with Gasteiger partial charge >= 0.3 is 6.03 Å². The van der Waals surface area contributed by atoms with E-state index in [0.29, 0.717) is 31.0 Å². The second-order valence-electron chi connectivity index (χ2n) is 10.3. The largest absolute Gasteiger partial charge is 0.493 e. The molecule has 3 aromatic carbocycles. The van der Waals surface area contributed by atoms with E-state index in [1.54, 1.807) is 19.1 Å². The lowest BCUT2D eigenvalue weighted by Crippen LogP contribution is -2.45. The first-order chi connectivity index (χ1) is 19.4. The van der Waals surface area contributed by atoms with Gasteiger partial charge in [0, 0.05) is 41.9 Å². The molecule has 1 heterocycles. The third kappa shape index (κ3) is 6.39. The fourth-order valence-electron chi connectivity index (χ4n) is 5.00. The molecule has 0 radical (unpaired) electrons. The second kappa shape index (κ2) is 12.2. The van der Waals surface area contributed by atoms with Crippen molar-refractivity contribution in [1.29, 1.82) is 0 Å². The minimum absolute atomic E-state index is 0.0174. The van der Waals surface area contributed by atoms with Gasteiger partial charge in [0.05, 0.1) is 14.2 Å². The van der Waals surface area contributed by atoms with E-state index in [0.717, 1.165) is 46.1 Å². The lowest BCUT2D eigenvalue weighted by atomic mass is 10.1. The Morgan fingerprint density at radius 1 is 0.975 bits per heavy atom. The average Bonchev–Trinajstić information content (AvgIpc) is 3.72. The van der Waals surface area contributed by atoms with Crippen molar-refractivity contribution in [2.45, 2.75) is 38.8 Å². The number of ether oxygens (including phenoxy) is 2. The Morgan fingerprint density at radius 3 is 2.52 bits per heavy atom. The smallest absolute Gasteiger partial charge is 0.322 e. The molecule has 2 N–H and O–H groups in total. The van der Waals surface area contributed by atoms with E-state index < -0.39 is 0 Å². The predicted molar refractivity (Wildman–Crippen MR) is 157 cm³/mol. The summed E-state index contributed by atoms with van der Waals surface area (Å²) in [5.41, 5.74) is 4.93. The molecule has 4 aromatic rings. The van der Waals surface area contributed by atoms with E-state index in [9.17, 15) is 9.59 Å². The number of nitrogens with one attached hydrogen (secondary N) is 2. The third-order valence-electron chi connectivity index (χ3n) is 7.32.